The zero-order chi connectivity index (χ0) is 10.4. The largest absolute Gasteiger partial charge is 0.368 e. The Hall–Kier alpha value is -1.38. The second-order valence-electron chi connectivity index (χ2n) is 3.54. The van der Waals surface area contributed by atoms with Gasteiger partial charge >= 0.3 is 0 Å². The fourth-order valence-corrected chi connectivity index (χ4v) is 1.11. The first-order valence-corrected chi connectivity index (χ1v) is 4.84. The molecule has 14 heavy (non-hydrogen) atoms. The molecule has 1 rings (SSSR count). The first-order chi connectivity index (χ1) is 6.68. The van der Waals surface area contributed by atoms with Crippen molar-refractivity contribution in [2.24, 2.45) is 0 Å². The van der Waals surface area contributed by atoms with Gasteiger partial charge in [-0.15, -0.1) is 0 Å². The Labute approximate surface area is 85.3 Å². The molecule has 0 aliphatic rings. The molecule has 1 aromatic heterocycles. The second-order valence-corrected chi connectivity index (χ2v) is 3.54. The van der Waals surface area contributed by atoms with Crippen LogP contribution in [0, 0.1) is 6.92 Å². The van der Waals surface area contributed by atoms with Crippen molar-refractivity contribution in [3.05, 3.63) is 29.7 Å². The standard InChI is InChI=1S/C11H17N3/c1-9(2)5-4-6-13-11-8-12-7-10(3)14-11/h5,7-8H,4,6H2,1-3H3,(H,13,14). The molecular formula is C11H17N3. The van der Waals surface area contributed by atoms with Crippen molar-refractivity contribution < 1.29 is 0 Å². The molecule has 3 nitrogen and oxygen atoms in total. The summed E-state index contributed by atoms with van der Waals surface area (Å²) in [6.45, 7) is 7.05. The van der Waals surface area contributed by atoms with Gasteiger partial charge < -0.3 is 5.32 Å². The van der Waals surface area contributed by atoms with E-state index in [0.717, 1.165) is 24.5 Å². The van der Waals surface area contributed by atoms with Gasteiger partial charge in [0.1, 0.15) is 5.82 Å². The summed E-state index contributed by atoms with van der Waals surface area (Å²) in [5.41, 5.74) is 2.29. The van der Waals surface area contributed by atoms with Gasteiger partial charge in [0.05, 0.1) is 11.9 Å². The average molecular weight is 191 g/mol. The third kappa shape index (κ3) is 4.03. The molecule has 0 aliphatic heterocycles. The number of nitrogens with zero attached hydrogens (tertiary/aromatic N) is 2. The fourth-order valence-electron chi connectivity index (χ4n) is 1.11. The molecule has 0 atom stereocenters. The smallest absolute Gasteiger partial charge is 0.144 e. The normalized spacial score (nSPS) is 9.64. The predicted octanol–water partition coefficient (Wildman–Crippen LogP) is 2.55. The summed E-state index contributed by atoms with van der Waals surface area (Å²) in [4.78, 5) is 8.35. The van der Waals surface area contributed by atoms with E-state index in [4.69, 9.17) is 0 Å². The summed E-state index contributed by atoms with van der Waals surface area (Å²) in [5.74, 6) is 0.854. The lowest BCUT2D eigenvalue weighted by atomic mass is 10.3. The minimum atomic E-state index is 0.854. The summed E-state index contributed by atoms with van der Waals surface area (Å²) in [7, 11) is 0. The van der Waals surface area contributed by atoms with Crippen LogP contribution in [-0.4, -0.2) is 16.5 Å². The van der Waals surface area contributed by atoms with Crippen LogP contribution in [0.5, 0.6) is 0 Å². The summed E-state index contributed by atoms with van der Waals surface area (Å²) >= 11 is 0. The van der Waals surface area contributed by atoms with Gasteiger partial charge in [0.15, 0.2) is 0 Å². The van der Waals surface area contributed by atoms with Crippen molar-refractivity contribution in [3.63, 3.8) is 0 Å². The van der Waals surface area contributed by atoms with Crippen LogP contribution in [0.25, 0.3) is 0 Å². The van der Waals surface area contributed by atoms with Crippen LogP contribution in [0.4, 0.5) is 5.82 Å². The van der Waals surface area contributed by atoms with Crippen LogP contribution in [0.3, 0.4) is 0 Å². The van der Waals surface area contributed by atoms with Crippen molar-refractivity contribution in [1.29, 1.82) is 0 Å². The van der Waals surface area contributed by atoms with Crippen molar-refractivity contribution >= 4 is 5.82 Å². The topological polar surface area (TPSA) is 37.8 Å². The fraction of sp³-hybridized carbons (Fsp3) is 0.455. The lowest BCUT2D eigenvalue weighted by Crippen LogP contribution is -2.03. The van der Waals surface area contributed by atoms with Crippen LogP contribution in [0.1, 0.15) is 26.0 Å². The maximum atomic E-state index is 4.30. The van der Waals surface area contributed by atoms with E-state index in [1.807, 2.05) is 6.92 Å². The molecule has 0 saturated carbocycles. The molecular weight excluding hydrogens is 174 g/mol. The van der Waals surface area contributed by atoms with Gasteiger partial charge in [0.25, 0.3) is 0 Å². The van der Waals surface area contributed by atoms with Gasteiger partial charge in [0, 0.05) is 12.7 Å². The van der Waals surface area contributed by atoms with Crippen LogP contribution in [-0.2, 0) is 0 Å². The first kappa shape index (κ1) is 10.7. The van der Waals surface area contributed by atoms with E-state index in [0.29, 0.717) is 0 Å². The summed E-state index contributed by atoms with van der Waals surface area (Å²) in [6.07, 6.45) is 6.73. The number of aromatic nitrogens is 2. The molecule has 0 bridgehead atoms. The van der Waals surface area contributed by atoms with E-state index in [1.165, 1.54) is 5.57 Å². The highest BCUT2D eigenvalue weighted by atomic mass is 15.0. The Balaban J connectivity index is 2.35. The number of aryl methyl sites for hydroxylation is 1. The highest BCUT2D eigenvalue weighted by Gasteiger charge is 1.92. The zero-order valence-electron chi connectivity index (χ0n) is 9.04. The van der Waals surface area contributed by atoms with Crippen molar-refractivity contribution in [1.82, 2.24) is 9.97 Å². The van der Waals surface area contributed by atoms with Gasteiger partial charge in [-0.2, -0.15) is 0 Å². The van der Waals surface area contributed by atoms with Gasteiger partial charge in [0.2, 0.25) is 0 Å². The number of anilines is 1. The Bertz CT molecular complexity index is 314. The van der Waals surface area contributed by atoms with Crippen LogP contribution < -0.4 is 5.32 Å². The maximum Gasteiger partial charge on any atom is 0.144 e. The second kappa shape index (κ2) is 5.37. The Morgan fingerprint density at radius 1 is 1.43 bits per heavy atom. The van der Waals surface area contributed by atoms with Crippen molar-refractivity contribution in [2.45, 2.75) is 27.2 Å². The van der Waals surface area contributed by atoms with E-state index < -0.39 is 0 Å². The van der Waals surface area contributed by atoms with Crippen LogP contribution in [0.15, 0.2) is 24.0 Å². The van der Waals surface area contributed by atoms with Crippen molar-refractivity contribution in [2.75, 3.05) is 11.9 Å². The van der Waals surface area contributed by atoms with Gasteiger partial charge in [-0.05, 0) is 27.2 Å². The molecule has 0 radical (unpaired) electrons. The van der Waals surface area contributed by atoms with Crippen LogP contribution >= 0.6 is 0 Å². The average Bonchev–Trinajstić information content (AvgIpc) is 2.12. The Morgan fingerprint density at radius 2 is 2.21 bits per heavy atom. The molecule has 3 heteroatoms. The summed E-state index contributed by atoms with van der Waals surface area (Å²) in [6, 6.07) is 0. The lowest BCUT2D eigenvalue weighted by Gasteiger charge is -2.03. The highest BCUT2D eigenvalue weighted by Crippen LogP contribution is 2.01. The Kier molecular flexibility index (Phi) is 4.11. The van der Waals surface area contributed by atoms with Gasteiger partial charge in [-0.3, -0.25) is 4.98 Å². The molecule has 1 aromatic rings. The number of nitrogens with one attached hydrogen (secondary N) is 1. The molecule has 0 aliphatic carbocycles. The van der Waals surface area contributed by atoms with E-state index in [2.05, 4.69) is 35.2 Å². The molecule has 0 saturated heterocycles. The quantitative estimate of drug-likeness (QED) is 0.587. The number of hydrogen-bond acceptors (Lipinski definition) is 3. The predicted molar refractivity (Wildman–Crippen MR) is 59.3 cm³/mol. The molecule has 1 N–H and O–H groups in total. The number of hydrogen-bond donors (Lipinski definition) is 1. The van der Waals surface area contributed by atoms with Gasteiger partial charge in [-0.25, -0.2) is 4.98 Å². The van der Waals surface area contributed by atoms with Crippen molar-refractivity contribution in [3.8, 4) is 0 Å². The van der Waals surface area contributed by atoms with E-state index in [9.17, 15) is 0 Å². The summed E-state index contributed by atoms with van der Waals surface area (Å²) in [5, 5.41) is 3.22. The molecule has 0 spiro atoms. The van der Waals surface area contributed by atoms with Gasteiger partial charge in [-0.1, -0.05) is 11.6 Å². The maximum absolute atomic E-state index is 4.30. The third-order valence-corrected chi connectivity index (χ3v) is 1.76. The van der Waals surface area contributed by atoms with E-state index >= 15 is 0 Å². The minimum absolute atomic E-state index is 0.854. The zero-order valence-corrected chi connectivity index (χ0v) is 9.04. The molecule has 1 heterocycles. The monoisotopic (exact) mass is 191 g/mol. The SMILES string of the molecule is CC(C)=CCCNc1cncc(C)n1. The lowest BCUT2D eigenvalue weighted by molar-refractivity contribution is 1.01. The number of rotatable bonds is 4. The Morgan fingerprint density at radius 3 is 2.86 bits per heavy atom. The number of allylic oxidation sites excluding steroid dienone is 1. The van der Waals surface area contributed by atoms with E-state index in [-0.39, 0.29) is 0 Å². The third-order valence-electron chi connectivity index (χ3n) is 1.76. The molecule has 0 aromatic carbocycles. The molecule has 0 fully saturated rings. The van der Waals surface area contributed by atoms with E-state index in [1.54, 1.807) is 12.4 Å². The summed E-state index contributed by atoms with van der Waals surface area (Å²) < 4.78 is 0. The molecule has 76 valence electrons. The molecule has 0 unspecified atom stereocenters. The highest BCUT2D eigenvalue weighted by molar-refractivity contribution is 5.31. The van der Waals surface area contributed by atoms with Crippen LogP contribution in [0.2, 0.25) is 0 Å². The first-order valence-electron chi connectivity index (χ1n) is 4.84. The molecule has 0 amide bonds. The minimum Gasteiger partial charge on any atom is -0.368 e.